The molecule has 1 aliphatic heterocycles. The molecule has 1 aromatic heterocycles. The molecule has 4 nitrogen and oxygen atoms in total. The van der Waals surface area contributed by atoms with Crippen LogP contribution in [0.4, 0.5) is 5.69 Å². The second-order valence-corrected chi connectivity index (χ2v) is 5.49. The lowest BCUT2D eigenvalue weighted by Gasteiger charge is -2.06. The number of nitrogens with one attached hydrogen (secondary N) is 1. The van der Waals surface area contributed by atoms with Crippen LogP contribution in [0.15, 0.2) is 17.3 Å². The van der Waals surface area contributed by atoms with E-state index in [0.29, 0.717) is 18.7 Å². The summed E-state index contributed by atoms with van der Waals surface area (Å²) in [6, 6.07) is 1.82. The highest BCUT2D eigenvalue weighted by molar-refractivity contribution is 7.91. The minimum absolute atomic E-state index is 0.184. The Morgan fingerprint density at radius 2 is 2.29 bits per heavy atom. The molecule has 0 aliphatic carbocycles. The lowest BCUT2D eigenvalue weighted by Crippen LogP contribution is -2.07. The number of aromatic nitrogens is 1. The quantitative estimate of drug-likeness (QED) is 0.696. The van der Waals surface area contributed by atoms with Gasteiger partial charge in [0.1, 0.15) is 0 Å². The average Bonchev–Trinajstić information content (AvgIpc) is 2.25. The Kier molecular flexibility index (Phi) is 2.19. The minimum Gasteiger partial charge on any atom is -0.383 e. The first kappa shape index (κ1) is 9.45. The van der Waals surface area contributed by atoms with E-state index in [9.17, 15) is 8.42 Å². The molecule has 14 heavy (non-hydrogen) atoms. The molecule has 2 heterocycles. The summed E-state index contributed by atoms with van der Waals surface area (Å²) in [4.78, 5) is 3.98. The first-order chi connectivity index (χ1) is 6.59. The van der Waals surface area contributed by atoms with E-state index in [2.05, 4.69) is 10.3 Å². The number of sulfone groups is 1. The van der Waals surface area contributed by atoms with Crippen molar-refractivity contribution < 1.29 is 8.42 Å². The Morgan fingerprint density at radius 1 is 1.50 bits per heavy atom. The molecule has 1 aliphatic rings. The molecular weight excluding hydrogens is 200 g/mol. The smallest absolute Gasteiger partial charge is 0.197 e. The summed E-state index contributed by atoms with van der Waals surface area (Å²) in [5.41, 5.74) is 1.61. The van der Waals surface area contributed by atoms with Gasteiger partial charge >= 0.3 is 0 Å². The summed E-state index contributed by atoms with van der Waals surface area (Å²) in [6.45, 7) is 2.59. The molecule has 0 atom stereocenters. The third-order valence-corrected chi connectivity index (χ3v) is 3.93. The standard InChI is InChI=1S/C9H12N2O2S/c1-7-5-8-9(11-6-7)14(12,13)4-2-3-10-8/h5-6,10H,2-4H2,1H3. The van der Waals surface area contributed by atoms with Crippen LogP contribution in [0.5, 0.6) is 0 Å². The van der Waals surface area contributed by atoms with Gasteiger partial charge in [-0.05, 0) is 25.0 Å². The van der Waals surface area contributed by atoms with E-state index in [4.69, 9.17) is 0 Å². The minimum atomic E-state index is -3.17. The van der Waals surface area contributed by atoms with Crippen LogP contribution in [0.3, 0.4) is 0 Å². The van der Waals surface area contributed by atoms with Gasteiger partial charge in [0.05, 0.1) is 11.4 Å². The van der Waals surface area contributed by atoms with E-state index < -0.39 is 9.84 Å². The molecule has 0 saturated carbocycles. The number of rotatable bonds is 0. The van der Waals surface area contributed by atoms with Gasteiger partial charge in [-0.15, -0.1) is 0 Å². The Hall–Kier alpha value is -1.10. The molecule has 0 amide bonds. The predicted molar refractivity (Wildman–Crippen MR) is 54.1 cm³/mol. The van der Waals surface area contributed by atoms with Gasteiger partial charge in [0, 0.05) is 12.7 Å². The third kappa shape index (κ3) is 1.59. The molecular formula is C9H12N2O2S. The maximum absolute atomic E-state index is 11.7. The van der Waals surface area contributed by atoms with Crippen LogP contribution in [-0.2, 0) is 9.84 Å². The number of aryl methyl sites for hydroxylation is 1. The molecule has 5 heteroatoms. The highest BCUT2D eigenvalue weighted by atomic mass is 32.2. The maximum atomic E-state index is 11.7. The van der Waals surface area contributed by atoms with Crippen molar-refractivity contribution in [1.82, 2.24) is 4.98 Å². The third-order valence-electron chi connectivity index (χ3n) is 2.19. The van der Waals surface area contributed by atoms with Crippen molar-refractivity contribution in [3.05, 3.63) is 17.8 Å². The highest BCUT2D eigenvalue weighted by Crippen LogP contribution is 2.23. The zero-order valence-corrected chi connectivity index (χ0v) is 8.76. The molecule has 2 rings (SSSR count). The zero-order valence-electron chi connectivity index (χ0n) is 7.95. The SMILES string of the molecule is Cc1cnc2c(c1)NCCCS2(=O)=O. The van der Waals surface area contributed by atoms with Crippen molar-refractivity contribution in [3.8, 4) is 0 Å². The molecule has 0 spiro atoms. The fraction of sp³-hybridized carbons (Fsp3) is 0.444. The van der Waals surface area contributed by atoms with E-state index in [1.54, 1.807) is 6.20 Å². The monoisotopic (exact) mass is 212 g/mol. The first-order valence-corrected chi connectivity index (χ1v) is 6.18. The summed E-state index contributed by atoms with van der Waals surface area (Å²) in [7, 11) is -3.17. The van der Waals surface area contributed by atoms with Gasteiger partial charge in [0.2, 0.25) is 0 Å². The summed E-state index contributed by atoms with van der Waals surface area (Å²) in [5, 5.41) is 3.27. The van der Waals surface area contributed by atoms with Gasteiger partial charge in [0.15, 0.2) is 14.9 Å². The molecule has 0 radical (unpaired) electrons. The molecule has 76 valence electrons. The number of nitrogens with zero attached hydrogens (tertiary/aromatic N) is 1. The number of hydrogen-bond donors (Lipinski definition) is 1. The maximum Gasteiger partial charge on any atom is 0.197 e. The lowest BCUT2D eigenvalue weighted by atomic mass is 10.3. The molecule has 0 unspecified atom stereocenters. The first-order valence-electron chi connectivity index (χ1n) is 4.53. The van der Waals surface area contributed by atoms with Crippen molar-refractivity contribution in [2.24, 2.45) is 0 Å². The van der Waals surface area contributed by atoms with Gasteiger partial charge in [-0.3, -0.25) is 0 Å². The van der Waals surface area contributed by atoms with Gasteiger partial charge in [0.25, 0.3) is 0 Å². The summed E-state index contributed by atoms with van der Waals surface area (Å²) in [6.07, 6.45) is 2.22. The number of anilines is 1. The topological polar surface area (TPSA) is 59.1 Å². The van der Waals surface area contributed by atoms with Gasteiger partial charge in [-0.2, -0.15) is 0 Å². The summed E-state index contributed by atoms with van der Waals surface area (Å²) in [5.74, 6) is 0.184. The van der Waals surface area contributed by atoms with E-state index >= 15 is 0 Å². The highest BCUT2D eigenvalue weighted by Gasteiger charge is 2.22. The molecule has 0 aromatic carbocycles. The summed E-state index contributed by atoms with van der Waals surface area (Å²) < 4.78 is 23.4. The van der Waals surface area contributed by atoms with Crippen molar-refractivity contribution in [2.45, 2.75) is 18.4 Å². The van der Waals surface area contributed by atoms with Crippen molar-refractivity contribution in [1.29, 1.82) is 0 Å². The Bertz CT molecular complexity index is 454. The Morgan fingerprint density at radius 3 is 3.07 bits per heavy atom. The van der Waals surface area contributed by atoms with E-state index in [-0.39, 0.29) is 10.8 Å². The Balaban J connectivity index is 2.62. The van der Waals surface area contributed by atoms with E-state index in [0.717, 1.165) is 5.56 Å². The zero-order chi connectivity index (χ0) is 10.2. The van der Waals surface area contributed by atoms with E-state index in [1.807, 2.05) is 13.0 Å². The van der Waals surface area contributed by atoms with Crippen LogP contribution in [-0.4, -0.2) is 25.7 Å². The molecule has 0 fully saturated rings. The van der Waals surface area contributed by atoms with Crippen molar-refractivity contribution >= 4 is 15.5 Å². The van der Waals surface area contributed by atoms with Crippen LogP contribution >= 0.6 is 0 Å². The van der Waals surface area contributed by atoms with Gasteiger partial charge in [-0.25, -0.2) is 13.4 Å². The fourth-order valence-electron chi connectivity index (χ4n) is 1.51. The average molecular weight is 212 g/mol. The molecule has 1 N–H and O–H groups in total. The molecule has 0 bridgehead atoms. The van der Waals surface area contributed by atoms with E-state index in [1.165, 1.54) is 0 Å². The largest absolute Gasteiger partial charge is 0.383 e. The lowest BCUT2D eigenvalue weighted by molar-refractivity contribution is 0.592. The summed E-state index contributed by atoms with van der Waals surface area (Å²) >= 11 is 0. The van der Waals surface area contributed by atoms with Crippen LogP contribution in [0.2, 0.25) is 0 Å². The second kappa shape index (κ2) is 3.24. The Labute approximate surface area is 83.3 Å². The van der Waals surface area contributed by atoms with Crippen molar-refractivity contribution in [3.63, 3.8) is 0 Å². The fourth-order valence-corrected chi connectivity index (χ4v) is 2.91. The van der Waals surface area contributed by atoms with Gasteiger partial charge in [-0.1, -0.05) is 0 Å². The number of hydrogen-bond acceptors (Lipinski definition) is 4. The molecule has 0 saturated heterocycles. The van der Waals surface area contributed by atoms with Gasteiger partial charge < -0.3 is 5.32 Å². The van der Waals surface area contributed by atoms with Crippen LogP contribution < -0.4 is 5.32 Å². The van der Waals surface area contributed by atoms with Crippen molar-refractivity contribution in [2.75, 3.05) is 17.6 Å². The second-order valence-electron chi connectivity index (χ2n) is 3.46. The van der Waals surface area contributed by atoms with Crippen LogP contribution in [0, 0.1) is 6.92 Å². The number of fused-ring (bicyclic) bond motifs is 1. The van der Waals surface area contributed by atoms with Crippen LogP contribution in [0.25, 0.3) is 0 Å². The number of pyridine rings is 1. The van der Waals surface area contributed by atoms with Crippen LogP contribution in [0.1, 0.15) is 12.0 Å². The normalized spacial score (nSPS) is 19.2. The molecule has 1 aromatic rings. The predicted octanol–water partition coefficient (Wildman–Crippen LogP) is 0.979.